The van der Waals surface area contributed by atoms with Gasteiger partial charge in [-0.15, -0.1) is 0 Å². The summed E-state index contributed by atoms with van der Waals surface area (Å²) in [7, 11) is 1.90. The van der Waals surface area contributed by atoms with E-state index in [9.17, 15) is 14.4 Å². The summed E-state index contributed by atoms with van der Waals surface area (Å²) in [5.41, 5.74) is 1.14. The van der Waals surface area contributed by atoms with Crippen molar-refractivity contribution in [3.63, 3.8) is 0 Å². The van der Waals surface area contributed by atoms with Gasteiger partial charge in [-0.3, -0.25) is 9.59 Å². The third-order valence-corrected chi connectivity index (χ3v) is 9.25. The van der Waals surface area contributed by atoms with Crippen molar-refractivity contribution >= 4 is 41.1 Å². The van der Waals surface area contributed by atoms with Crippen LogP contribution in [0.15, 0.2) is 30.7 Å². The van der Waals surface area contributed by atoms with Crippen molar-refractivity contribution in [1.29, 1.82) is 0 Å². The molecule has 3 amide bonds. The van der Waals surface area contributed by atoms with Crippen molar-refractivity contribution in [2.24, 2.45) is 18.4 Å². The van der Waals surface area contributed by atoms with Crippen LogP contribution in [0.4, 0.5) is 4.79 Å². The van der Waals surface area contributed by atoms with E-state index in [0.29, 0.717) is 61.1 Å². The van der Waals surface area contributed by atoms with Gasteiger partial charge in [-0.05, 0) is 56.2 Å². The molecule has 11 heteroatoms. The van der Waals surface area contributed by atoms with Crippen LogP contribution in [0.25, 0.3) is 0 Å². The van der Waals surface area contributed by atoms with Gasteiger partial charge >= 0.3 is 12.0 Å². The van der Waals surface area contributed by atoms with Gasteiger partial charge in [0.1, 0.15) is 6.04 Å². The molecule has 0 spiro atoms. The van der Waals surface area contributed by atoms with Crippen LogP contribution in [-0.2, 0) is 34.2 Å². The number of amides is 3. The maximum atomic E-state index is 13.9. The number of likely N-dealkylation sites (tertiary alicyclic amines) is 1. The zero-order chi connectivity index (χ0) is 29.4. The van der Waals surface area contributed by atoms with E-state index in [1.165, 1.54) is 6.42 Å². The molecule has 1 aromatic carbocycles. The summed E-state index contributed by atoms with van der Waals surface area (Å²) >= 11 is 12.5. The van der Waals surface area contributed by atoms with E-state index in [4.69, 9.17) is 27.9 Å². The maximum Gasteiger partial charge on any atom is 0.315 e. The number of hydrogen-bond donors (Lipinski definition) is 2. The highest BCUT2D eigenvalue weighted by molar-refractivity contribution is 6.35. The number of carbonyl (C=O) groups excluding carboxylic acids is 3. The molecule has 2 heterocycles. The van der Waals surface area contributed by atoms with E-state index in [-0.39, 0.29) is 24.2 Å². The van der Waals surface area contributed by atoms with Crippen molar-refractivity contribution in [1.82, 2.24) is 25.1 Å². The van der Waals surface area contributed by atoms with Gasteiger partial charge in [0.05, 0.1) is 18.3 Å². The fourth-order valence-electron chi connectivity index (χ4n) is 6.30. The molecular weight excluding hydrogens is 565 g/mol. The van der Waals surface area contributed by atoms with E-state index >= 15 is 0 Å². The molecule has 4 rings (SSSR count). The monoisotopic (exact) mass is 605 g/mol. The number of nitrogens with zero attached hydrogens (tertiary/aromatic N) is 3. The third kappa shape index (κ3) is 7.74. The van der Waals surface area contributed by atoms with Gasteiger partial charge in [0.2, 0.25) is 5.91 Å². The van der Waals surface area contributed by atoms with Gasteiger partial charge in [-0.1, -0.05) is 48.5 Å². The molecule has 0 bridgehead atoms. The van der Waals surface area contributed by atoms with E-state index in [1.807, 2.05) is 18.5 Å². The molecule has 1 atom stereocenters. The first kappa shape index (κ1) is 31.2. The van der Waals surface area contributed by atoms with Crippen molar-refractivity contribution in [3.8, 4) is 0 Å². The lowest BCUT2D eigenvalue weighted by Gasteiger charge is -2.46. The minimum Gasteiger partial charge on any atom is -0.466 e. The summed E-state index contributed by atoms with van der Waals surface area (Å²) in [6.07, 6.45) is 10.9. The zero-order valence-corrected chi connectivity index (χ0v) is 25.5. The van der Waals surface area contributed by atoms with Crippen molar-refractivity contribution in [2.75, 3.05) is 26.2 Å². The standard InChI is InChI=1S/C30H41Cl2N5O4/c1-3-41-28(39)30(22-7-5-4-6-8-22)12-15-37(16-13-30)27(38)26(17-21-9-10-23(31)18-25(21)32)35-29(40)34-14-11-24-19-33-20-36(24)2/h9-10,18-20,22,26H,3-8,11-17H2,1-2H3,(H2,34,35,40). The van der Waals surface area contributed by atoms with Gasteiger partial charge in [0, 0.05) is 61.5 Å². The molecule has 224 valence electrons. The number of piperidine rings is 1. The summed E-state index contributed by atoms with van der Waals surface area (Å²) < 4.78 is 7.47. The summed E-state index contributed by atoms with van der Waals surface area (Å²) in [6.45, 7) is 3.44. The number of benzene rings is 1. The number of halogens is 2. The first-order valence-electron chi connectivity index (χ1n) is 14.6. The Hall–Kier alpha value is -2.78. The molecule has 2 N–H and O–H groups in total. The lowest BCUT2D eigenvalue weighted by Crippen LogP contribution is -2.56. The van der Waals surface area contributed by atoms with Crippen LogP contribution in [0.1, 0.15) is 63.1 Å². The molecule has 2 aromatic rings. The second-order valence-electron chi connectivity index (χ2n) is 11.2. The van der Waals surface area contributed by atoms with Crippen molar-refractivity contribution < 1.29 is 19.1 Å². The van der Waals surface area contributed by atoms with Gasteiger partial charge < -0.3 is 24.8 Å². The number of imidazole rings is 1. The van der Waals surface area contributed by atoms with E-state index in [1.54, 1.807) is 35.6 Å². The van der Waals surface area contributed by atoms with Crippen LogP contribution in [0.2, 0.25) is 10.0 Å². The Morgan fingerprint density at radius 1 is 1.15 bits per heavy atom. The summed E-state index contributed by atoms with van der Waals surface area (Å²) in [5.74, 6) is -0.0483. The second kappa shape index (κ2) is 14.4. The Bertz CT molecular complexity index is 1210. The van der Waals surface area contributed by atoms with Crippen LogP contribution < -0.4 is 10.6 Å². The third-order valence-electron chi connectivity index (χ3n) is 8.66. The molecule has 1 saturated carbocycles. The Balaban J connectivity index is 1.45. The number of urea groups is 1. The molecule has 1 unspecified atom stereocenters. The molecule has 1 aliphatic carbocycles. The first-order chi connectivity index (χ1) is 19.7. The van der Waals surface area contributed by atoms with Gasteiger partial charge in [-0.25, -0.2) is 9.78 Å². The topological polar surface area (TPSA) is 106 Å². The number of hydrogen-bond acceptors (Lipinski definition) is 5. The molecule has 2 aliphatic rings. The minimum atomic E-state index is -0.838. The smallest absolute Gasteiger partial charge is 0.315 e. The lowest BCUT2D eigenvalue weighted by atomic mass is 9.63. The van der Waals surface area contributed by atoms with E-state index in [2.05, 4.69) is 15.6 Å². The van der Waals surface area contributed by atoms with Crippen LogP contribution in [-0.4, -0.2) is 64.6 Å². The van der Waals surface area contributed by atoms with E-state index in [0.717, 1.165) is 31.4 Å². The lowest BCUT2D eigenvalue weighted by molar-refractivity contribution is -0.166. The Morgan fingerprint density at radius 2 is 1.88 bits per heavy atom. The Kier molecular flexibility index (Phi) is 10.9. The summed E-state index contributed by atoms with van der Waals surface area (Å²) in [5, 5.41) is 6.67. The van der Waals surface area contributed by atoms with Crippen LogP contribution >= 0.6 is 23.2 Å². The molecule has 1 aliphatic heterocycles. The summed E-state index contributed by atoms with van der Waals surface area (Å²) in [4.78, 5) is 45.9. The quantitative estimate of drug-likeness (QED) is 0.373. The minimum absolute atomic E-state index is 0.130. The van der Waals surface area contributed by atoms with Gasteiger partial charge in [0.15, 0.2) is 0 Å². The molecule has 1 saturated heterocycles. The van der Waals surface area contributed by atoms with Crippen LogP contribution in [0.5, 0.6) is 0 Å². The SMILES string of the molecule is CCOC(=O)C1(C2CCCCC2)CCN(C(=O)C(Cc2ccc(Cl)cc2Cl)NC(=O)NCCc2cncn2C)CC1. The molecule has 1 aromatic heterocycles. The molecule has 41 heavy (non-hydrogen) atoms. The van der Waals surface area contributed by atoms with Gasteiger partial charge in [0.25, 0.3) is 0 Å². The molecular formula is C30H41Cl2N5O4. The normalized spacial score (nSPS) is 18.0. The number of rotatable bonds is 10. The van der Waals surface area contributed by atoms with E-state index < -0.39 is 17.5 Å². The zero-order valence-electron chi connectivity index (χ0n) is 24.0. The highest BCUT2D eigenvalue weighted by Gasteiger charge is 2.49. The first-order valence-corrected chi connectivity index (χ1v) is 15.4. The number of carbonyl (C=O) groups is 3. The number of esters is 1. The van der Waals surface area contributed by atoms with Crippen molar-refractivity contribution in [2.45, 2.75) is 70.8 Å². The Labute approximate surface area is 252 Å². The van der Waals surface area contributed by atoms with Crippen LogP contribution in [0.3, 0.4) is 0 Å². The fourth-order valence-corrected chi connectivity index (χ4v) is 6.79. The molecule has 9 nitrogen and oxygen atoms in total. The number of aromatic nitrogens is 2. The van der Waals surface area contributed by atoms with Gasteiger partial charge in [-0.2, -0.15) is 0 Å². The highest BCUT2D eigenvalue weighted by atomic mass is 35.5. The number of aryl methyl sites for hydroxylation is 1. The maximum absolute atomic E-state index is 13.9. The molecule has 2 fully saturated rings. The predicted molar refractivity (Wildman–Crippen MR) is 159 cm³/mol. The highest BCUT2D eigenvalue weighted by Crippen LogP contribution is 2.47. The Morgan fingerprint density at radius 3 is 2.51 bits per heavy atom. The summed E-state index contributed by atoms with van der Waals surface area (Å²) in [6, 6.07) is 3.85. The average Bonchev–Trinajstić information content (AvgIpc) is 3.38. The number of nitrogens with one attached hydrogen (secondary N) is 2. The van der Waals surface area contributed by atoms with Crippen molar-refractivity contribution in [3.05, 3.63) is 52.0 Å². The fraction of sp³-hybridized carbons (Fsp3) is 0.600. The largest absolute Gasteiger partial charge is 0.466 e. The number of ether oxygens (including phenoxy) is 1. The average molecular weight is 607 g/mol. The molecule has 0 radical (unpaired) electrons. The predicted octanol–water partition coefficient (Wildman–Crippen LogP) is 4.93. The second-order valence-corrected chi connectivity index (χ2v) is 12.0. The van der Waals surface area contributed by atoms with Crippen LogP contribution in [0, 0.1) is 11.3 Å².